The van der Waals surface area contributed by atoms with Crippen LogP contribution in [-0.4, -0.2) is 25.2 Å². The topological polar surface area (TPSA) is 56.8 Å². The highest BCUT2D eigenvalue weighted by molar-refractivity contribution is 5.81. The molecule has 2 atom stereocenters. The summed E-state index contributed by atoms with van der Waals surface area (Å²) in [7, 11) is 0. The highest BCUT2D eigenvalue weighted by Crippen LogP contribution is 2.32. The molecule has 138 valence electrons. The van der Waals surface area contributed by atoms with Crippen LogP contribution in [0.1, 0.15) is 36.6 Å². The third kappa shape index (κ3) is 4.10. The van der Waals surface area contributed by atoms with Gasteiger partial charge in [0.1, 0.15) is 19.0 Å². The third-order valence-corrected chi connectivity index (χ3v) is 4.59. The van der Waals surface area contributed by atoms with Crippen LogP contribution in [0.4, 0.5) is 0 Å². The van der Waals surface area contributed by atoms with Gasteiger partial charge in [0.05, 0.1) is 6.04 Å². The smallest absolute Gasteiger partial charge is 0.261 e. The number of benzene rings is 2. The van der Waals surface area contributed by atoms with Crippen LogP contribution in [-0.2, 0) is 4.79 Å². The molecule has 0 spiro atoms. The SMILES string of the molecule is Cc1ccc(OC(C)C(=O)NC(C)c2ccc3c(c2)OCCO3)cc1C. The van der Waals surface area contributed by atoms with Crippen LogP contribution in [0.2, 0.25) is 0 Å². The highest BCUT2D eigenvalue weighted by Gasteiger charge is 2.20. The minimum Gasteiger partial charge on any atom is -0.486 e. The van der Waals surface area contributed by atoms with Gasteiger partial charge in [-0.2, -0.15) is 0 Å². The summed E-state index contributed by atoms with van der Waals surface area (Å²) in [5.74, 6) is 1.99. The first-order chi connectivity index (χ1) is 12.4. The number of carbonyl (C=O) groups excluding carboxylic acids is 1. The molecule has 2 unspecified atom stereocenters. The van der Waals surface area contributed by atoms with Crippen LogP contribution in [0.5, 0.6) is 17.2 Å². The fourth-order valence-electron chi connectivity index (χ4n) is 2.79. The van der Waals surface area contributed by atoms with Crippen LogP contribution < -0.4 is 19.5 Å². The van der Waals surface area contributed by atoms with Gasteiger partial charge in [-0.15, -0.1) is 0 Å². The Hall–Kier alpha value is -2.69. The van der Waals surface area contributed by atoms with E-state index >= 15 is 0 Å². The normalized spacial score (nSPS) is 15.1. The van der Waals surface area contributed by atoms with Crippen molar-refractivity contribution < 1.29 is 19.0 Å². The summed E-state index contributed by atoms with van der Waals surface area (Å²) in [6, 6.07) is 11.4. The first-order valence-electron chi connectivity index (χ1n) is 8.88. The summed E-state index contributed by atoms with van der Waals surface area (Å²) in [6.45, 7) is 8.86. The second-order valence-corrected chi connectivity index (χ2v) is 6.64. The van der Waals surface area contributed by atoms with Gasteiger partial charge >= 0.3 is 0 Å². The Morgan fingerprint density at radius 1 is 1.00 bits per heavy atom. The van der Waals surface area contributed by atoms with Crippen molar-refractivity contribution >= 4 is 5.91 Å². The summed E-state index contributed by atoms with van der Waals surface area (Å²) in [5, 5.41) is 2.99. The first-order valence-corrected chi connectivity index (χ1v) is 8.88. The Labute approximate surface area is 154 Å². The van der Waals surface area contributed by atoms with E-state index in [1.165, 1.54) is 5.56 Å². The van der Waals surface area contributed by atoms with Crippen molar-refractivity contribution in [3.05, 3.63) is 53.1 Å². The predicted molar refractivity (Wildman–Crippen MR) is 100.0 cm³/mol. The molecule has 0 aromatic heterocycles. The van der Waals surface area contributed by atoms with Crippen LogP contribution in [0.3, 0.4) is 0 Å². The van der Waals surface area contributed by atoms with Gasteiger partial charge in [-0.25, -0.2) is 0 Å². The highest BCUT2D eigenvalue weighted by atomic mass is 16.6. The number of carbonyl (C=O) groups is 1. The van der Waals surface area contributed by atoms with E-state index in [1.807, 2.05) is 57.2 Å². The molecule has 2 aromatic rings. The molecule has 3 rings (SSSR count). The molecule has 5 nitrogen and oxygen atoms in total. The Bertz CT molecular complexity index is 803. The van der Waals surface area contributed by atoms with E-state index in [0.717, 1.165) is 16.9 Å². The zero-order valence-electron chi connectivity index (χ0n) is 15.7. The first kappa shape index (κ1) is 18.1. The van der Waals surface area contributed by atoms with Gasteiger partial charge < -0.3 is 19.5 Å². The van der Waals surface area contributed by atoms with Crippen LogP contribution in [0.25, 0.3) is 0 Å². The number of nitrogens with one attached hydrogen (secondary N) is 1. The number of amides is 1. The number of aryl methyl sites for hydroxylation is 2. The van der Waals surface area contributed by atoms with Crippen molar-refractivity contribution in [2.75, 3.05) is 13.2 Å². The summed E-state index contributed by atoms with van der Waals surface area (Å²) in [6.07, 6.45) is -0.586. The molecule has 0 fully saturated rings. The lowest BCUT2D eigenvalue weighted by atomic mass is 10.1. The van der Waals surface area contributed by atoms with Crippen molar-refractivity contribution in [2.45, 2.75) is 39.8 Å². The molecule has 26 heavy (non-hydrogen) atoms. The van der Waals surface area contributed by atoms with Gasteiger partial charge in [0.15, 0.2) is 17.6 Å². The van der Waals surface area contributed by atoms with Crippen molar-refractivity contribution in [1.29, 1.82) is 0 Å². The van der Waals surface area contributed by atoms with E-state index in [0.29, 0.717) is 24.7 Å². The number of hydrogen-bond donors (Lipinski definition) is 1. The molecule has 1 amide bonds. The minimum absolute atomic E-state index is 0.161. The zero-order chi connectivity index (χ0) is 18.7. The average Bonchev–Trinajstić information content (AvgIpc) is 2.64. The van der Waals surface area contributed by atoms with E-state index in [4.69, 9.17) is 14.2 Å². The van der Waals surface area contributed by atoms with E-state index in [-0.39, 0.29) is 11.9 Å². The second-order valence-electron chi connectivity index (χ2n) is 6.64. The van der Waals surface area contributed by atoms with Crippen LogP contribution >= 0.6 is 0 Å². The summed E-state index contributed by atoms with van der Waals surface area (Å²) < 4.78 is 16.9. The molecule has 0 aliphatic carbocycles. The molecule has 0 bridgehead atoms. The molecule has 0 saturated carbocycles. The number of ether oxygens (including phenoxy) is 3. The number of fused-ring (bicyclic) bond motifs is 1. The van der Waals surface area contributed by atoms with Gasteiger partial charge in [-0.1, -0.05) is 12.1 Å². The van der Waals surface area contributed by atoms with Crippen LogP contribution in [0, 0.1) is 13.8 Å². The number of rotatable bonds is 5. The van der Waals surface area contributed by atoms with E-state index in [1.54, 1.807) is 6.92 Å². The summed E-state index contributed by atoms with van der Waals surface area (Å²) >= 11 is 0. The molecule has 1 heterocycles. The predicted octanol–water partition coefficient (Wildman–Crippen LogP) is 3.72. The lowest BCUT2D eigenvalue weighted by molar-refractivity contribution is -0.127. The summed E-state index contributed by atoms with van der Waals surface area (Å²) in [5.41, 5.74) is 3.29. The monoisotopic (exact) mass is 355 g/mol. The van der Waals surface area contributed by atoms with Gasteiger partial charge in [-0.05, 0) is 68.7 Å². The van der Waals surface area contributed by atoms with E-state index in [2.05, 4.69) is 5.32 Å². The third-order valence-electron chi connectivity index (χ3n) is 4.59. The van der Waals surface area contributed by atoms with Crippen molar-refractivity contribution in [1.82, 2.24) is 5.32 Å². The van der Waals surface area contributed by atoms with Crippen molar-refractivity contribution in [3.63, 3.8) is 0 Å². The maximum atomic E-state index is 12.5. The molecule has 2 aromatic carbocycles. The van der Waals surface area contributed by atoms with Gasteiger partial charge in [-0.3, -0.25) is 4.79 Å². The molecule has 5 heteroatoms. The molecular weight excluding hydrogens is 330 g/mol. The fourth-order valence-corrected chi connectivity index (χ4v) is 2.79. The molecule has 1 N–H and O–H groups in total. The summed E-state index contributed by atoms with van der Waals surface area (Å²) in [4.78, 5) is 12.5. The Morgan fingerprint density at radius 3 is 2.46 bits per heavy atom. The Kier molecular flexibility index (Phi) is 5.35. The minimum atomic E-state index is -0.586. The van der Waals surface area contributed by atoms with Gasteiger partial charge in [0.2, 0.25) is 0 Å². The lowest BCUT2D eigenvalue weighted by Crippen LogP contribution is -2.37. The number of hydrogen-bond acceptors (Lipinski definition) is 4. The fraction of sp³-hybridized carbons (Fsp3) is 0.381. The zero-order valence-corrected chi connectivity index (χ0v) is 15.7. The standard InChI is InChI=1S/C21H25NO4/c1-13-5-7-18(11-14(13)2)26-16(4)21(23)22-15(3)17-6-8-19-20(12-17)25-10-9-24-19/h5-8,11-12,15-16H,9-10H2,1-4H3,(H,22,23). The van der Waals surface area contributed by atoms with Crippen molar-refractivity contribution in [2.24, 2.45) is 0 Å². The van der Waals surface area contributed by atoms with E-state index < -0.39 is 6.10 Å². The van der Waals surface area contributed by atoms with Crippen molar-refractivity contribution in [3.8, 4) is 17.2 Å². The van der Waals surface area contributed by atoms with E-state index in [9.17, 15) is 4.79 Å². The molecule has 0 saturated heterocycles. The van der Waals surface area contributed by atoms with Gasteiger partial charge in [0, 0.05) is 0 Å². The molecular formula is C21H25NO4. The molecule has 1 aliphatic heterocycles. The van der Waals surface area contributed by atoms with Crippen LogP contribution in [0.15, 0.2) is 36.4 Å². The average molecular weight is 355 g/mol. The maximum Gasteiger partial charge on any atom is 0.261 e. The maximum absolute atomic E-state index is 12.5. The largest absolute Gasteiger partial charge is 0.486 e. The Morgan fingerprint density at radius 2 is 1.73 bits per heavy atom. The van der Waals surface area contributed by atoms with Gasteiger partial charge in [0.25, 0.3) is 5.91 Å². The quantitative estimate of drug-likeness (QED) is 0.888. The molecule has 0 radical (unpaired) electrons. The lowest BCUT2D eigenvalue weighted by Gasteiger charge is -2.22. The second kappa shape index (κ2) is 7.68. The Balaban J connectivity index is 1.62. The molecule has 1 aliphatic rings.